The summed E-state index contributed by atoms with van der Waals surface area (Å²) in [4.78, 5) is 5.79. The van der Waals surface area contributed by atoms with Crippen LogP contribution in [0.15, 0.2) is 54.7 Å². The molecule has 4 rings (SSSR count). The fourth-order valence-corrected chi connectivity index (χ4v) is 2.98. The van der Waals surface area contributed by atoms with Gasteiger partial charge in [0.1, 0.15) is 0 Å². The van der Waals surface area contributed by atoms with Gasteiger partial charge in [-0.3, -0.25) is 4.90 Å². The topological polar surface area (TPSA) is 19.0 Å². The quantitative estimate of drug-likeness (QED) is 0.733. The monoisotopic (exact) mass is 248 g/mol. The van der Waals surface area contributed by atoms with Crippen LogP contribution in [-0.2, 0) is 19.6 Å². The standard InChI is InChI=1S/C17H16N2/c1-2-4-13(5-3-1)10-19-11-15-8-14-6-7-18-17(14)9-16(15)12-19/h1-9,18H,10-12H2. The first-order valence-corrected chi connectivity index (χ1v) is 6.74. The maximum Gasteiger partial charge on any atom is 0.0457 e. The van der Waals surface area contributed by atoms with Crippen LogP contribution in [0.2, 0.25) is 0 Å². The molecule has 1 aromatic heterocycles. The molecule has 0 spiro atoms. The van der Waals surface area contributed by atoms with Gasteiger partial charge < -0.3 is 4.98 Å². The summed E-state index contributed by atoms with van der Waals surface area (Å²) in [6, 6.07) is 17.5. The van der Waals surface area contributed by atoms with Crippen molar-refractivity contribution < 1.29 is 0 Å². The van der Waals surface area contributed by atoms with Gasteiger partial charge in [-0.15, -0.1) is 0 Å². The highest BCUT2D eigenvalue weighted by Crippen LogP contribution is 2.28. The summed E-state index contributed by atoms with van der Waals surface area (Å²) >= 11 is 0. The van der Waals surface area contributed by atoms with E-state index in [0.29, 0.717) is 0 Å². The Bertz CT molecular complexity index is 672. The van der Waals surface area contributed by atoms with E-state index in [1.54, 1.807) is 0 Å². The molecule has 1 aliphatic rings. The summed E-state index contributed by atoms with van der Waals surface area (Å²) < 4.78 is 0. The third kappa shape index (κ3) is 1.94. The van der Waals surface area contributed by atoms with Gasteiger partial charge in [0, 0.05) is 31.3 Å². The van der Waals surface area contributed by atoms with E-state index in [2.05, 4.69) is 58.4 Å². The van der Waals surface area contributed by atoms with Gasteiger partial charge in [0.15, 0.2) is 0 Å². The Hall–Kier alpha value is -2.06. The zero-order chi connectivity index (χ0) is 12.7. The highest BCUT2D eigenvalue weighted by atomic mass is 15.1. The third-order valence-corrected chi connectivity index (χ3v) is 3.91. The van der Waals surface area contributed by atoms with Gasteiger partial charge in [-0.1, -0.05) is 30.3 Å². The number of nitrogens with zero attached hydrogens (tertiary/aromatic N) is 1. The molecule has 0 atom stereocenters. The second kappa shape index (κ2) is 4.25. The minimum Gasteiger partial charge on any atom is -0.361 e. The van der Waals surface area contributed by atoms with Crippen LogP contribution in [0.1, 0.15) is 16.7 Å². The van der Waals surface area contributed by atoms with Gasteiger partial charge in [-0.25, -0.2) is 0 Å². The highest BCUT2D eigenvalue weighted by Gasteiger charge is 2.19. The lowest BCUT2D eigenvalue weighted by Gasteiger charge is -2.14. The highest BCUT2D eigenvalue weighted by molar-refractivity contribution is 5.81. The predicted octanol–water partition coefficient (Wildman–Crippen LogP) is 3.68. The van der Waals surface area contributed by atoms with Crippen molar-refractivity contribution in [3.05, 3.63) is 71.4 Å². The lowest BCUT2D eigenvalue weighted by Crippen LogP contribution is -2.15. The van der Waals surface area contributed by atoms with Crippen molar-refractivity contribution in [2.45, 2.75) is 19.6 Å². The van der Waals surface area contributed by atoms with Crippen LogP contribution in [0, 0.1) is 0 Å². The average molecular weight is 248 g/mol. The SMILES string of the molecule is c1ccc(CN2Cc3cc4cc[nH]c4cc3C2)cc1. The molecule has 2 heterocycles. The van der Waals surface area contributed by atoms with Gasteiger partial charge in [0.05, 0.1) is 0 Å². The van der Waals surface area contributed by atoms with Gasteiger partial charge in [-0.2, -0.15) is 0 Å². The van der Waals surface area contributed by atoms with Crippen LogP contribution < -0.4 is 0 Å². The van der Waals surface area contributed by atoms with Crippen molar-refractivity contribution in [3.8, 4) is 0 Å². The molecule has 1 aliphatic heterocycles. The molecule has 0 saturated heterocycles. The first kappa shape index (κ1) is 10.8. The molecule has 0 saturated carbocycles. The number of aromatic nitrogens is 1. The van der Waals surface area contributed by atoms with Crippen molar-refractivity contribution in [1.29, 1.82) is 0 Å². The Morgan fingerprint density at radius 3 is 2.58 bits per heavy atom. The molecule has 0 fully saturated rings. The molecule has 3 aromatic rings. The summed E-state index contributed by atoms with van der Waals surface area (Å²) in [6.45, 7) is 3.15. The number of hydrogen-bond acceptors (Lipinski definition) is 1. The lowest BCUT2D eigenvalue weighted by atomic mass is 10.1. The van der Waals surface area contributed by atoms with E-state index in [9.17, 15) is 0 Å². The minimum atomic E-state index is 1.03. The van der Waals surface area contributed by atoms with Crippen LogP contribution >= 0.6 is 0 Å². The van der Waals surface area contributed by atoms with E-state index in [4.69, 9.17) is 0 Å². The van der Waals surface area contributed by atoms with Crippen molar-refractivity contribution in [3.63, 3.8) is 0 Å². The molecular weight excluding hydrogens is 232 g/mol. The van der Waals surface area contributed by atoms with Gasteiger partial charge in [-0.05, 0) is 40.3 Å². The van der Waals surface area contributed by atoms with E-state index in [0.717, 1.165) is 19.6 Å². The molecule has 0 bridgehead atoms. The summed E-state index contributed by atoms with van der Waals surface area (Å²) in [5, 5.41) is 1.32. The van der Waals surface area contributed by atoms with Crippen molar-refractivity contribution >= 4 is 10.9 Å². The van der Waals surface area contributed by atoms with Crippen molar-refractivity contribution in [1.82, 2.24) is 9.88 Å². The molecular formula is C17H16N2. The van der Waals surface area contributed by atoms with Crippen LogP contribution in [0.25, 0.3) is 10.9 Å². The fraction of sp³-hybridized carbons (Fsp3) is 0.176. The van der Waals surface area contributed by atoms with Gasteiger partial charge in [0.2, 0.25) is 0 Å². The second-order valence-electron chi connectivity index (χ2n) is 5.32. The minimum absolute atomic E-state index is 1.03. The molecule has 1 N–H and O–H groups in total. The van der Waals surface area contributed by atoms with E-state index >= 15 is 0 Å². The molecule has 19 heavy (non-hydrogen) atoms. The Balaban J connectivity index is 1.60. The number of nitrogens with one attached hydrogen (secondary N) is 1. The number of benzene rings is 2. The smallest absolute Gasteiger partial charge is 0.0457 e. The molecule has 0 amide bonds. The first-order valence-electron chi connectivity index (χ1n) is 6.74. The second-order valence-corrected chi connectivity index (χ2v) is 5.32. The van der Waals surface area contributed by atoms with Crippen LogP contribution in [0.4, 0.5) is 0 Å². The third-order valence-electron chi connectivity index (χ3n) is 3.91. The summed E-state index contributed by atoms with van der Waals surface area (Å²) in [6.07, 6.45) is 2.02. The predicted molar refractivity (Wildman–Crippen MR) is 77.7 cm³/mol. The fourth-order valence-electron chi connectivity index (χ4n) is 2.98. The molecule has 94 valence electrons. The first-order chi connectivity index (χ1) is 9.38. The van der Waals surface area contributed by atoms with Crippen LogP contribution in [0.5, 0.6) is 0 Å². The zero-order valence-electron chi connectivity index (χ0n) is 10.8. The largest absolute Gasteiger partial charge is 0.361 e. The Kier molecular flexibility index (Phi) is 2.42. The molecule has 0 aliphatic carbocycles. The Morgan fingerprint density at radius 2 is 1.74 bits per heavy atom. The molecule has 0 radical (unpaired) electrons. The van der Waals surface area contributed by atoms with Gasteiger partial charge >= 0.3 is 0 Å². The van der Waals surface area contributed by atoms with E-state index in [-0.39, 0.29) is 0 Å². The van der Waals surface area contributed by atoms with Gasteiger partial charge in [0.25, 0.3) is 0 Å². The van der Waals surface area contributed by atoms with Crippen molar-refractivity contribution in [2.75, 3.05) is 0 Å². The van der Waals surface area contributed by atoms with Crippen LogP contribution in [-0.4, -0.2) is 9.88 Å². The van der Waals surface area contributed by atoms with E-state index in [1.807, 2.05) is 6.20 Å². The Morgan fingerprint density at radius 1 is 0.947 bits per heavy atom. The number of rotatable bonds is 2. The average Bonchev–Trinajstić information content (AvgIpc) is 3.01. The van der Waals surface area contributed by atoms with Crippen molar-refractivity contribution in [2.24, 2.45) is 0 Å². The summed E-state index contributed by atoms with van der Waals surface area (Å²) in [7, 11) is 0. The lowest BCUT2D eigenvalue weighted by molar-refractivity contribution is 0.275. The zero-order valence-corrected chi connectivity index (χ0v) is 10.8. The van der Waals surface area contributed by atoms with E-state index < -0.39 is 0 Å². The molecule has 2 heteroatoms. The normalized spacial score (nSPS) is 14.9. The van der Waals surface area contributed by atoms with Crippen LogP contribution in [0.3, 0.4) is 0 Å². The molecule has 2 aromatic carbocycles. The summed E-state index contributed by atoms with van der Waals surface area (Å²) in [5.74, 6) is 0. The number of fused-ring (bicyclic) bond motifs is 2. The number of hydrogen-bond donors (Lipinski definition) is 1. The number of aromatic amines is 1. The maximum absolute atomic E-state index is 3.30. The number of H-pyrrole nitrogens is 1. The molecule has 0 unspecified atom stereocenters. The maximum atomic E-state index is 3.30. The Labute approximate surface area is 112 Å². The summed E-state index contributed by atoms with van der Waals surface area (Å²) in [5.41, 5.74) is 5.58. The molecule has 2 nitrogen and oxygen atoms in total. The van der Waals surface area contributed by atoms with E-state index in [1.165, 1.54) is 27.6 Å².